The minimum absolute atomic E-state index is 0.753. The second-order valence-electron chi connectivity index (χ2n) is 3.27. The van der Waals surface area contributed by atoms with Crippen molar-refractivity contribution in [3.05, 3.63) is 42.7 Å². The van der Waals surface area contributed by atoms with E-state index in [0.717, 1.165) is 13.0 Å². The van der Waals surface area contributed by atoms with Gasteiger partial charge in [-0.15, -0.1) is 0 Å². The van der Waals surface area contributed by atoms with Crippen LogP contribution in [-0.2, 0) is 0 Å². The van der Waals surface area contributed by atoms with Crippen molar-refractivity contribution in [1.82, 2.24) is 0 Å². The summed E-state index contributed by atoms with van der Waals surface area (Å²) in [5, 5.41) is 2.44. The molecule has 0 amide bonds. The zero-order chi connectivity index (χ0) is 9.80. The first-order chi connectivity index (χ1) is 6.90. The first kappa shape index (κ1) is 9.00. The van der Waals surface area contributed by atoms with Gasteiger partial charge in [-0.05, 0) is 17.9 Å². The lowest BCUT2D eigenvalue weighted by Crippen LogP contribution is -2.42. The smallest absolute Gasteiger partial charge is 0.230 e. The van der Waals surface area contributed by atoms with Gasteiger partial charge in [0.05, 0.1) is 5.39 Å². The summed E-state index contributed by atoms with van der Waals surface area (Å²) in [5.41, 5.74) is 0. The first-order valence-electron chi connectivity index (χ1n) is 4.93. The Morgan fingerprint density at radius 2 is 1.93 bits per heavy atom. The summed E-state index contributed by atoms with van der Waals surface area (Å²) in [6.45, 7) is 2.85. The van der Waals surface area contributed by atoms with Crippen LogP contribution in [-0.4, -0.2) is 6.61 Å². The molecule has 72 valence electrons. The van der Waals surface area contributed by atoms with Crippen LogP contribution in [0.15, 0.2) is 42.7 Å². The van der Waals surface area contributed by atoms with Gasteiger partial charge in [-0.2, -0.15) is 0 Å². The third-order valence-electron chi connectivity index (χ3n) is 2.11. The van der Waals surface area contributed by atoms with Crippen molar-refractivity contribution in [2.45, 2.75) is 13.3 Å². The molecule has 0 N–H and O–H groups in total. The summed E-state index contributed by atoms with van der Waals surface area (Å²) in [6, 6.07) is 10.3. The Balaban J connectivity index is 2.32. The van der Waals surface area contributed by atoms with E-state index in [1.165, 1.54) is 10.8 Å². The molecule has 14 heavy (non-hydrogen) atoms. The van der Waals surface area contributed by atoms with Gasteiger partial charge in [0.1, 0.15) is 0 Å². The molecular weight excluding hydrogens is 174 g/mol. The Labute approximate surface area is 83.7 Å². The molecule has 0 bridgehead atoms. The summed E-state index contributed by atoms with van der Waals surface area (Å²) in [4.78, 5) is 5.48. The molecule has 0 aliphatic rings. The molecule has 2 aromatic rings. The van der Waals surface area contributed by atoms with E-state index in [-0.39, 0.29) is 0 Å². The number of aromatic nitrogens is 1. The molecule has 0 unspecified atom stereocenters. The first-order valence-corrected chi connectivity index (χ1v) is 4.93. The van der Waals surface area contributed by atoms with Crippen molar-refractivity contribution in [3.8, 4) is 0 Å². The van der Waals surface area contributed by atoms with Crippen LogP contribution in [0.5, 0.6) is 0 Å². The van der Waals surface area contributed by atoms with Gasteiger partial charge in [-0.25, -0.2) is 0 Å². The highest BCUT2D eigenvalue weighted by Gasteiger charge is 2.02. The van der Waals surface area contributed by atoms with Crippen LogP contribution in [0.1, 0.15) is 13.3 Å². The molecule has 0 radical (unpaired) electrons. The fraction of sp³-hybridized carbons (Fsp3) is 0.250. The highest BCUT2D eigenvalue weighted by atomic mass is 16.7. The van der Waals surface area contributed by atoms with Gasteiger partial charge in [-0.1, -0.05) is 25.1 Å². The molecule has 2 heteroatoms. The van der Waals surface area contributed by atoms with E-state index in [4.69, 9.17) is 4.84 Å². The quantitative estimate of drug-likeness (QED) is 0.671. The average Bonchev–Trinajstić information content (AvgIpc) is 2.26. The zero-order valence-corrected chi connectivity index (χ0v) is 8.31. The van der Waals surface area contributed by atoms with E-state index >= 15 is 0 Å². The summed E-state index contributed by atoms with van der Waals surface area (Å²) < 4.78 is 1.77. The summed E-state index contributed by atoms with van der Waals surface area (Å²) in [7, 11) is 0. The molecule has 1 heterocycles. The van der Waals surface area contributed by atoms with E-state index in [1.54, 1.807) is 4.73 Å². The second-order valence-corrected chi connectivity index (χ2v) is 3.27. The van der Waals surface area contributed by atoms with Crippen LogP contribution < -0.4 is 9.57 Å². The molecule has 2 rings (SSSR count). The van der Waals surface area contributed by atoms with E-state index in [9.17, 15) is 0 Å². The standard InChI is InChI=1S/C12H14NO/c1-2-9-14-13-8-7-11-5-3-4-6-12(11)10-13/h3-8,10H,2,9H2,1H3/q+1. The molecule has 0 saturated carbocycles. The second kappa shape index (κ2) is 4.09. The third-order valence-corrected chi connectivity index (χ3v) is 2.11. The van der Waals surface area contributed by atoms with Crippen molar-refractivity contribution in [1.29, 1.82) is 0 Å². The van der Waals surface area contributed by atoms with Gasteiger partial charge >= 0.3 is 0 Å². The highest BCUT2D eigenvalue weighted by molar-refractivity contribution is 5.80. The summed E-state index contributed by atoms with van der Waals surface area (Å²) >= 11 is 0. The Morgan fingerprint density at radius 1 is 1.14 bits per heavy atom. The third kappa shape index (κ3) is 1.84. The maximum atomic E-state index is 5.48. The monoisotopic (exact) mass is 188 g/mol. The van der Waals surface area contributed by atoms with Crippen LogP contribution in [0.25, 0.3) is 10.8 Å². The van der Waals surface area contributed by atoms with E-state index in [0.29, 0.717) is 0 Å². The minimum atomic E-state index is 0.753. The Kier molecular flexibility index (Phi) is 2.63. The normalized spacial score (nSPS) is 10.4. The predicted octanol–water partition coefficient (Wildman–Crippen LogP) is 1.97. The molecule has 1 aromatic carbocycles. The lowest BCUT2D eigenvalue weighted by Gasteiger charge is -1.97. The summed E-state index contributed by atoms with van der Waals surface area (Å²) in [5.74, 6) is 0. The molecule has 2 nitrogen and oxygen atoms in total. The number of rotatable bonds is 3. The van der Waals surface area contributed by atoms with Crippen LogP contribution in [0.4, 0.5) is 0 Å². The SMILES string of the molecule is CCCO[n+]1ccc2ccccc2c1. The van der Waals surface area contributed by atoms with Crippen LogP contribution >= 0.6 is 0 Å². The lowest BCUT2D eigenvalue weighted by atomic mass is 10.2. The molecule has 0 fully saturated rings. The van der Waals surface area contributed by atoms with Crippen molar-refractivity contribution in [2.24, 2.45) is 0 Å². The zero-order valence-electron chi connectivity index (χ0n) is 8.31. The Bertz CT molecular complexity index is 425. The number of fused-ring (bicyclic) bond motifs is 1. The lowest BCUT2D eigenvalue weighted by molar-refractivity contribution is -0.890. The van der Waals surface area contributed by atoms with Crippen molar-refractivity contribution in [2.75, 3.05) is 6.61 Å². The number of pyridine rings is 1. The predicted molar refractivity (Wildman–Crippen MR) is 55.9 cm³/mol. The van der Waals surface area contributed by atoms with E-state index in [2.05, 4.69) is 25.1 Å². The number of nitrogens with zero attached hydrogens (tertiary/aromatic N) is 1. The highest BCUT2D eigenvalue weighted by Crippen LogP contribution is 2.08. The topological polar surface area (TPSA) is 13.1 Å². The molecule has 0 atom stereocenters. The van der Waals surface area contributed by atoms with Crippen LogP contribution in [0.2, 0.25) is 0 Å². The van der Waals surface area contributed by atoms with Gasteiger partial charge in [0.25, 0.3) is 0 Å². The van der Waals surface area contributed by atoms with E-state index < -0.39 is 0 Å². The Morgan fingerprint density at radius 3 is 2.71 bits per heavy atom. The van der Waals surface area contributed by atoms with Gasteiger partial charge in [0.2, 0.25) is 12.4 Å². The van der Waals surface area contributed by atoms with E-state index in [1.807, 2.05) is 24.5 Å². The minimum Gasteiger partial charge on any atom is -0.271 e. The largest absolute Gasteiger partial charge is 0.271 e. The van der Waals surface area contributed by atoms with Gasteiger partial charge in [0.15, 0.2) is 6.61 Å². The fourth-order valence-corrected chi connectivity index (χ4v) is 1.39. The molecule has 0 aliphatic carbocycles. The number of hydrogen-bond acceptors (Lipinski definition) is 1. The van der Waals surface area contributed by atoms with Gasteiger partial charge in [0, 0.05) is 10.8 Å². The van der Waals surface area contributed by atoms with Crippen molar-refractivity contribution < 1.29 is 9.57 Å². The van der Waals surface area contributed by atoms with Crippen molar-refractivity contribution >= 4 is 10.8 Å². The average molecular weight is 188 g/mol. The molecular formula is C12H14NO+. The maximum Gasteiger partial charge on any atom is 0.230 e. The van der Waals surface area contributed by atoms with Crippen molar-refractivity contribution in [3.63, 3.8) is 0 Å². The summed E-state index contributed by atoms with van der Waals surface area (Å²) in [6.07, 6.45) is 4.98. The van der Waals surface area contributed by atoms with Gasteiger partial charge in [-0.3, -0.25) is 4.84 Å². The molecule has 0 spiro atoms. The van der Waals surface area contributed by atoms with Crippen LogP contribution in [0, 0.1) is 0 Å². The maximum absolute atomic E-state index is 5.48. The Hall–Kier alpha value is -1.57. The molecule has 0 aliphatic heterocycles. The number of benzene rings is 1. The molecule has 1 aromatic heterocycles. The number of hydrogen-bond donors (Lipinski definition) is 0. The molecule has 0 saturated heterocycles. The van der Waals surface area contributed by atoms with Crippen LogP contribution in [0.3, 0.4) is 0 Å². The fourth-order valence-electron chi connectivity index (χ4n) is 1.39. The van der Waals surface area contributed by atoms with Gasteiger partial charge < -0.3 is 0 Å².